The average molecular weight is 303 g/mol. The van der Waals surface area contributed by atoms with E-state index in [4.69, 9.17) is 0 Å². The predicted octanol–water partition coefficient (Wildman–Crippen LogP) is 2.97. The second-order valence-electron chi connectivity index (χ2n) is 6.00. The largest absolute Gasteiger partial charge is 0.303 e. The zero-order valence-corrected chi connectivity index (χ0v) is 13.0. The zero-order valence-electron chi connectivity index (χ0n) is 11.4. The topological polar surface area (TPSA) is 6.48 Å². The van der Waals surface area contributed by atoms with Crippen molar-refractivity contribution in [3.05, 3.63) is 0 Å². The summed E-state index contributed by atoms with van der Waals surface area (Å²) in [6, 6.07) is 0.848. The third-order valence-corrected chi connectivity index (χ3v) is 5.95. The molecular weight excluding hydrogens is 276 g/mol. The summed E-state index contributed by atoms with van der Waals surface area (Å²) in [5.41, 5.74) is 0. The zero-order chi connectivity index (χ0) is 12.3. The molecule has 0 spiro atoms. The molecule has 0 aliphatic carbocycles. The molecule has 0 radical (unpaired) electrons. The first-order chi connectivity index (χ1) is 8.16. The predicted molar refractivity (Wildman–Crippen MR) is 77.8 cm³/mol. The van der Waals surface area contributed by atoms with Crippen LogP contribution in [0.5, 0.6) is 0 Å². The van der Waals surface area contributed by atoms with E-state index in [0.29, 0.717) is 0 Å². The molecule has 2 aliphatic rings. The van der Waals surface area contributed by atoms with Gasteiger partial charge in [0.25, 0.3) is 0 Å². The van der Waals surface area contributed by atoms with E-state index < -0.39 is 0 Å². The van der Waals surface area contributed by atoms with Gasteiger partial charge in [-0.2, -0.15) is 0 Å². The van der Waals surface area contributed by atoms with Crippen LogP contribution >= 0.6 is 15.9 Å². The number of likely N-dealkylation sites (tertiary alicyclic amines) is 2. The number of hydrogen-bond acceptors (Lipinski definition) is 2. The van der Waals surface area contributed by atoms with E-state index in [1.807, 2.05) is 0 Å². The van der Waals surface area contributed by atoms with Crippen LogP contribution in [-0.2, 0) is 0 Å². The minimum Gasteiger partial charge on any atom is -0.303 e. The molecule has 0 aromatic carbocycles. The monoisotopic (exact) mass is 302 g/mol. The summed E-state index contributed by atoms with van der Waals surface area (Å²) in [4.78, 5) is 5.99. The van der Waals surface area contributed by atoms with E-state index >= 15 is 0 Å². The third kappa shape index (κ3) is 3.93. The fourth-order valence-corrected chi connectivity index (χ4v) is 3.62. The van der Waals surface area contributed by atoms with Gasteiger partial charge in [0.15, 0.2) is 0 Å². The van der Waals surface area contributed by atoms with Gasteiger partial charge >= 0.3 is 0 Å². The highest BCUT2D eigenvalue weighted by molar-refractivity contribution is 9.09. The Morgan fingerprint density at radius 1 is 1.18 bits per heavy atom. The van der Waals surface area contributed by atoms with Crippen LogP contribution in [0.15, 0.2) is 0 Å². The third-order valence-electron chi connectivity index (χ3n) is 4.58. The van der Waals surface area contributed by atoms with E-state index in [0.717, 1.165) is 16.8 Å². The minimum atomic E-state index is 0.746. The number of hydrogen-bond donors (Lipinski definition) is 0. The van der Waals surface area contributed by atoms with Crippen LogP contribution in [0, 0.1) is 5.92 Å². The molecule has 0 aromatic rings. The van der Waals surface area contributed by atoms with Crippen LogP contribution in [0.4, 0.5) is 0 Å². The second-order valence-corrected chi connectivity index (χ2v) is 7.18. The van der Waals surface area contributed by atoms with Gasteiger partial charge in [-0.25, -0.2) is 0 Å². The number of piperidine rings is 2. The standard InChI is InChI=1S/C14H27BrN2/c1-12-11-17(10-7-14(12)15)9-6-13-5-3-4-8-16(13)2/h12-14H,3-11H2,1-2H3. The van der Waals surface area contributed by atoms with Crippen molar-refractivity contribution < 1.29 is 0 Å². The van der Waals surface area contributed by atoms with Crippen molar-refractivity contribution in [1.82, 2.24) is 9.80 Å². The van der Waals surface area contributed by atoms with Crippen LogP contribution in [0.25, 0.3) is 0 Å². The van der Waals surface area contributed by atoms with Crippen LogP contribution in [0.2, 0.25) is 0 Å². The Hall–Kier alpha value is 0.400. The van der Waals surface area contributed by atoms with Gasteiger partial charge in [-0.05, 0) is 58.3 Å². The highest BCUT2D eigenvalue weighted by Gasteiger charge is 2.25. The van der Waals surface area contributed by atoms with Crippen molar-refractivity contribution in [3.63, 3.8) is 0 Å². The van der Waals surface area contributed by atoms with Gasteiger partial charge in [0, 0.05) is 17.4 Å². The number of halogens is 1. The summed E-state index contributed by atoms with van der Waals surface area (Å²) in [6.07, 6.45) is 6.95. The van der Waals surface area contributed by atoms with Gasteiger partial charge in [0.05, 0.1) is 0 Å². The molecule has 0 aromatic heterocycles. The molecule has 3 heteroatoms. The van der Waals surface area contributed by atoms with Gasteiger partial charge in [0.1, 0.15) is 0 Å². The molecule has 100 valence electrons. The number of rotatable bonds is 3. The van der Waals surface area contributed by atoms with Crippen molar-refractivity contribution >= 4 is 15.9 Å². The molecule has 0 bridgehead atoms. The molecular formula is C14H27BrN2. The molecule has 0 saturated carbocycles. The van der Waals surface area contributed by atoms with Crippen molar-refractivity contribution in [2.45, 2.75) is 49.9 Å². The van der Waals surface area contributed by atoms with E-state index in [1.54, 1.807) is 0 Å². The molecule has 0 amide bonds. The summed E-state index contributed by atoms with van der Waals surface area (Å²) >= 11 is 3.78. The lowest BCUT2D eigenvalue weighted by atomic mass is 9.97. The normalized spacial score (nSPS) is 37.2. The molecule has 2 fully saturated rings. The lowest BCUT2D eigenvalue weighted by Gasteiger charge is -2.37. The molecule has 2 saturated heterocycles. The van der Waals surface area contributed by atoms with Crippen molar-refractivity contribution in [2.75, 3.05) is 33.2 Å². The fraction of sp³-hybridized carbons (Fsp3) is 1.00. The molecule has 0 N–H and O–H groups in total. The van der Waals surface area contributed by atoms with Crippen LogP contribution in [0.1, 0.15) is 39.0 Å². The highest BCUT2D eigenvalue weighted by atomic mass is 79.9. The Bertz CT molecular complexity index is 234. The molecule has 2 rings (SSSR count). The number of alkyl halides is 1. The SMILES string of the molecule is CC1CN(CCC2CCCCN2C)CCC1Br. The van der Waals surface area contributed by atoms with Gasteiger partial charge in [-0.1, -0.05) is 29.3 Å². The smallest absolute Gasteiger partial charge is 0.0195 e. The molecule has 17 heavy (non-hydrogen) atoms. The Kier molecular flexibility index (Phi) is 5.31. The number of nitrogens with zero attached hydrogens (tertiary/aromatic N) is 2. The molecule has 2 nitrogen and oxygen atoms in total. The van der Waals surface area contributed by atoms with Crippen LogP contribution in [0.3, 0.4) is 0 Å². The first-order valence-corrected chi connectivity index (χ1v) is 8.15. The van der Waals surface area contributed by atoms with E-state index in [2.05, 4.69) is 39.7 Å². The van der Waals surface area contributed by atoms with Gasteiger partial charge in [-0.15, -0.1) is 0 Å². The van der Waals surface area contributed by atoms with Crippen molar-refractivity contribution in [3.8, 4) is 0 Å². The molecule has 2 aliphatic heterocycles. The van der Waals surface area contributed by atoms with Gasteiger partial charge < -0.3 is 9.80 Å². The van der Waals surface area contributed by atoms with E-state index in [1.165, 1.54) is 58.3 Å². The van der Waals surface area contributed by atoms with Crippen molar-refractivity contribution in [1.29, 1.82) is 0 Å². The van der Waals surface area contributed by atoms with Gasteiger partial charge in [0.2, 0.25) is 0 Å². The summed E-state index contributed by atoms with van der Waals surface area (Å²) in [6.45, 7) is 7.56. The maximum absolute atomic E-state index is 3.78. The minimum absolute atomic E-state index is 0.746. The Balaban J connectivity index is 1.71. The van der Waals surface area contributed by atoms with E-state index in [-0.39, 0.29) is 0 Å². The summed E-state index contributed by atoms with van der Waals surface area (Å²) in [5.74, 6) is 0.813. The fourth-order valence-electron chi connectivity index (χ4n) is 3.25. The summed E-state index contributed by atoms with van der Waals surface area (Å²) in [7, 11) is 2.30. The second kappa shape index (κ2) is 6.53. The maximum Gasteiger partial charge on any atom is 0.0195 e. The summed E-state index contributed by atoms with van der Waals surface area (Å²) in [5, 5.41) is 0. The Morgan fingerprint density at radius 2 is 2.00 bits per heavy atom. The van der Waals surface area contributed by atoms with Gasteiger partial charge in [-0.3, -0.25) is 0 Å². The molecule has 2 heterocycles. The Labute approximate surface area is 115 Å². The van der Waals surface area contributed by atoms with Crippen molar-refractivity contribution in [2.24, 2.45) is 5.92 Å². The Morgan fingerprint density at radius 3 is 2.71 bits per heavy atom. The summed E-state index contributed by atoms with van der Waals surface area (Å²) < 4.78 is 0. The van der Waals surface area contributed by atoms with Crippen LogP contribution in [-0.4, -0.2) is 53.9 Å². The highest BCUT2D eigenvalue weighted by Crippen LogP contribution is 2.24. The lowest BCUT2D eigenvalue weighted by Crippen LogP contribution is -2.43. The first kappa shape index (κ1) is 13.8. The van der Waals surface area contributed by atoms with Crippen LogP contribution < -0.4 is 0 Å². The first-order valence-electron chi connectivity index (χ1n) is 7.23. The maximum atomic E-state index is 3.78. The quantitative estimate of drug-likeness (QED) is 0.740. The van der Waals surface area contributed by atoms with E-state index in [9.17, 15) is 0 Å². The average Bonchev–Trinajstić information content (AvgIpc) is 2.32. The lowest BCUT2D eigenvalue weighted by molar-refractivity contribution is 0.135. The molecule has 3 atom stereocenters. The molecule has 3 unspecified atom stereocenters.